The summed E-state index contributed by atoms with van der Waals surface area (Å²) < 4.78 is 11.2. The number of hydrogen-bond donors (Lipinski definition) is 2. The molecule has 2 atom stereocenters. The van der Waals surface area contributed by atoms with E-state index in [-0.39, 0.29) is 17.9 Å². The number of hydrogen-bond acceptors (Lipinski definition) is 5. The lowest BCUT2D eigenvalue weighted by atomic mass is 9.90. The van der Waals surface area contributed by atoms with Gasteiger partial charge in [0.25, 0.3) is 5.91 Å². The molecule has 0 fully saturated rings. The fourth-order valence-electron chi connectivity index (χ4n) is 3.91. The third-order valence-electron chi connectivity index (χ3n) is 5.60. The second-order valence-electron chi connectivity index (χ2n) is 7.76. The molecule has 1 heterocycles. The molecule has 7 heteroatoms. The highest BCUT2D eigenvalue weighted by molar-refractivity contribution is 6.32. The van der Waals surface area contributed by atoms with Gasteiger partial charge in [-0.3, -0.25) is 4.79 Å². The Kier molecular flexibility index (Phi) is 6.30. The van der Waals surface area contributed by atoms with E-state index < -0.39 is 18.1 Å². The van der Waals surface area contributed by atoms with E-state index in [1.54, 1.807) is 31.2 Å². The quantitative estimate of drug-likeness (QED) is 0.565. The maximum atomic E-state index is 12.4. The number of aryl methyl sites for hydroxylation is 1. The Balaban J connectivity index is 1.48. The van der Waals surface area contributed by atoms with Gasteiger partial charge < -0.3 is 19.6 Å². The summed E-state index contributed by atoms with van der Waals surface area (Å²) in [5, 5.41) is 14.0. The largest absolute Gasteiger partial charge is 0.479 e. The third-order valence-corrected chi connectivity index (χ3v) is 5.90. The molecule has 2 N–H and O–H groups in total. The van der Waals surface area contributed by atoms with E-state index in [4.69, 9.17) is 20.8 Å². The predicted octanol–water partition coefficient (Wildman–Crippen LogP) is 3.94. The molecule has 1 aliphatic rings. The Morgan fingerprint density at radius 2 is 1.90 bits per heavy atom. The van der Waals surface area contributed by atoms with Crippen LogP contribution in [0.4, 0.5) is 0 Å². The van der Waals surface area contributed by atoms with E-state index in [2.05, 4.69) is 5.32 Å². The van der Waals surface area contributed by atoms with E-state index in [0.717, 1.165) is 42.2 Å². The van der Waals surface area contributed by atoms with Crippen molar-refractivity contribution in [2.75, 3.05) is 6.54 Å². The molecule has 6 nitrogen and oxygen atoms in total. The van der Waals surface area contributed by atoms with Crippen molar-refractivity contribution in [2.45, 2.75) is 44.8 Å². The molecular formula is C24H24ClNO5. The van der Waals surface area contributed by atoms with E-state index in [1.165, 1.54) is 0 Å². The molecule has 0 radical (unpaired) electrons. The summed E-state index contributed by atoms with van der Waals surface area (Å²) in [4.78, 5) is 24.8. The Hall–Kier alpha value is -2.83. The molecule has 2 unspecified atom stereocenters. The van der Waals surface area contributed by atoms with Crippen molar-refractivity contribution in [1.29, 1.82) is 0 Å². The fraction of sp³-hybridized carbons (Fsp3) is 0.333. The Bertz CT molecular complexity index is 1160. The van der Waals surface area contributed by atoms with Gasteiger partial charge in [0.1, 0.15) is 11.3 Å². The lowest BCUT2D eigenvalue weighted by molar-refractivity contribution is -0.127. The van der Waals surface area contributed by atoms with Gasteiger partial charge in [-0.25, -0.2) is 4.79 Å². The number of rotatable bonds is 6. The van der Waals surface area contributed by atoms with Crippen LogP contribution in [0.1, 0.15) is 42.6 Å². The number of ether oxygens (including phenoxy) is 1. The topological polar surface area (TPSA) is 88.8 Å². The minimum Gasteiger partial charge on any atom is -0.479 e. The molecular weight excluding hydrogens is 418 g/mol. The summed E-state index contributed by atoms with van der Waals surface area (Å²) in [6, 6.07) is 12.4. The lowest BCUT2D eigenvalue weighted by Crippen LogP contribution is -2.38. The average Bonchev–Trinajstić information content (AvgIpc) is 2.79. The molecule has 31 heavy (non-hydrogen) atoms. The molecule has 2 aromatic carbocycles. The average molecular weight is 442 g/mol. The first-order valence-corrected chi connectivity index (χ1v) is 10.8. The Labute approximate surface area is 184 Å². The van der Waals surface area contributed by atoms with Gasteiger partial charge in [-0.05, 0) is 49.8 Å². The molecule has 1 aromatic heterocycles. The molecule has 3 aromatic rings. The molecule has 4 rings (SSSR count). The van der Waals surface area contributed by atoms with Crippen molar-refractivity contribution < 1.29 is 19.1 Å². The number of carbonyl (C=O) groups excluding carboxylic acids is 1. The molecule has 1 amide bonds. The van der Waals surface area contributed by atoms with Gasteiger partial charge in [-0.1, -0.05) is 41.9 Å². The Morgan fingerprint density at radius 3 is 2.65 bits per heavy atom. The fourth-order valence-corrected chi connectivity index (χ4v) is 4.12. The number of benzene rings is 2. The summed E-state index contributed by atoms with van der Waals surface area (Å²) in [6.07, 6.45) is 1.85. The van der Waals surface area contributed by atoms with Gasteiger partial charge >= 0.3 is 5.63 Å². The second-order valence-corrected chi connectivity index (χ2v) is 8.17. The zero-order chi connectivity index (χ0) is 22.0. The highest BCUT2D eigenvalue weighted by Crippen LogP contribution is 2.34. The number of fused-ring (bicyclic) bond motifs is 3. The summed E-state index contributed by atoms with van der Waals surface area (Å²) in [6.45, 7) is 1.65. The second kappa shape index (κ2) is 9.12. The van der Waals surface area contributed by atoms with Gasteiger partial charge in [-0.2, -0.15) is 0 Å². The minimum atomic E-state index is -0.859. The van der Waals surface area contributed by atoms with Crippen LogP contribution in [0.3, 0.4) is 0 Å². The van der Waals surface area contributed by atoms with E-state index in [1.807, 2.05) is 18.2 Å². The van der Waals surface area contributed by atoms with Gasteiger partial charge in [0, 0.05) is 23.6 Å². The number of aliphatic hydroxyl groups is 1. The van der Waals surface area contributed by atoms with Crippen LogP contribution in [-0.2, 0) is 17.6 Å². The molecule has 0 saturated carbocycles. The first-order valence-electron chi connectivity index (χ1n) is 10.4. The first kappa shape index (κ1) is 21.4. The highest BCUT2D eigenvalue weighted by Gasteiger charge is 2.22. The smallest absolute Gasteiger partial charge is 0.339 e. The zero-order valence-electron chi connectivity index (χ0n) is 17.2. The van der Waals surface area contributed by atoms with E-state index in [0.29, 0.717) is 16.2 Å². The van der Waals surface area contributed by atoms with Gasteiger partial charge in [0.2, 0.25) is 0 Å². The number of nitrogens with one attached hydrogen (secondary N) is 1. The van der Waals surface area contributed by atoms with Gasteiger partial charge in [0.15, 0.2) is 6.10 Å². The number of halogens is 1. The first-order chi connectivity index (χ1) is 14.9. The molecule has 162 valence electrons. The highest BCUT2D eigenvalue weighted by atomic mass is 35.5. The number of carbonyl (C=O) groups is 1. The molecule has 0 bridgehead atoms. The molecule has 0 spiro atoms. The Morgan fingerprint density at radius 1 is 1.19 bits per heavy atom. The summed E-state index contributed by atoms with van der Waals surface area (Å²) in [5.74, 6) is -0.127. The van der Waals surface area contributed by atoms with Crippen molar-refractivity contribution in [3.63, 3.8) is 0 Å². The zero-order valence-corrected chi connectivity index (χ0v) is 17.9. The normalized spacial score (nSPS) is 15.2. The van der Waals surface area contributed by atoms with Crippen LogP contribution in [0.2, 0.25) is 5.02 Å². The summed E-state index contributed by atoms with van der Waals surface area (Å²) in [5.41, 5.74) is 2.51. The van der Waals surface area contributed by atoms with Crippen molar-refractivity contribution in [2.24, 2.45) is 0 Å². The van der Waals surface area contributed by atoms with Crippen LogP contribution in [0.25, 0.3) is 11.0 Å². The summed E-state index contributed by atoms with van der Waals surface area (Å²) in [7, 11) is 0. The van der Waals surface area contributed by atoms with Crippen molar-refractivity contribution in [1.82, 2.24) is 5.32 Å². The minimum absolute atomic E-state index is 0.0585. The number of amides is 1. The third kappa shape index (κ3) is 4.60. The molecule has 0 aliphatic heterocycles. The van der Waals surface area contributed by atoms with Crippen molar-refractivity contribution in [3.05, 3.63) is 74.6 Å². The maximum absolute atomic E-state index is 12.4. The van der Waals surface area contributed by atoms with Crippen LogP contribution in [0.5, 0.6) is 5.75 Å². The molecule has 0 saturated heterocycles. The van der Waals surface area contributed by atoms with Crippen LogP contribution in [-0.4, -0.2) is 23.7 Å². The predicted molar refractivity (Wildman–Crippen MR) is 119 cm³/mol. The van der Waals surface area contributed by atoms with Gasteiger partial charge in [0.05, 0.1) is 11.1 Å². The van der Waals surface area contributed by atoms with Crippen LogP contribution < -0.4 is 15.7 Å². The van der Waals surface area contributed by atoms with Crippen molar-refractivity contribution in [3.8, 4) is 5.75 Å². The van der Waals surface area contributed by atoms with Crippen LogP contribution >= 0.6 is 11.6 Å². The molecule has 1 aliphatic carbocycles. The van der Waals surface area contributed by atoms with Crippen molar-refractivity contribution >= 4 is 28.5 Å². The van der Waals surface area contributed by atoms with Crippen LogP contribution in [0.15, 0.2) is 51.7 Å². The van der Waals surface area contributed by atoms with Gasteiger partial charge in [-0.15, -0.1) is 0 Å². The standard InChI is InChI=1S/C24H24ClNO5/c1-14(23(28)26-13-20(27)15-7-3-2-4-8-15)30-22-12-21-18(11-19(22)25)16-9-5-6-10-17(16)24(29)31-21/h2-4,7-8,11-12,14,20,27H,5-6,9-10,13H2,1H3,(H,26,28). The SMILES string of the molecule is CC(Oc1cc2oc(=O)c3c(c2cc1Cl)CCCC3)C(=O)NCC(O)c1ccccc1. The maximum Gasteiger partial charge on any atom is 0.339 e. The summed E-state index contributed by atoms with van der Waals surface area (Å²) >= 11 is 6.43. The van der Waals surface area contributed by atoms with E-state index in [9.17, 15) is 14.7 Å². The van der Waals surface area contributed by atoms with Crippen LogP contribution in [0, 0.1) is 0 Å². The number of aliphatic hydroxyl groups excluding tert-OH is 1. The monoisotopic (exact) mass is 441 g/mol. The lowest BCUT2D eigenvalue weighted by Gasteiger charge is -2.19. The van der Waals surface area contributed by atoms with E-state index >= 15 is 0 Å².